The van der Waals surface area contributed by atoms with Crippen LogP contribution in [0.3, 0.4) is 0 Å². The van der Waals surface area contributed by atoms with Gasteiger partial charge < -0.3 is 0 Å². The van der Waals surface area contributed by atoms with Crippen LogP contribution >= 0.6 is 15.9 Å². The molecule has 0 aliphatic carbocycles. The molecule has 0 saturated carbocycles. The number of hydrogen-bond donors (Lipinski definition) is 0. The fraction of sp³-hybridized carbons (Fsp3) is 0.333. The van der Waals surface area contributed by atoms with E-state index in [-0.39, 0.29) is 0 Å². The zero-order valence-corrected chi connectivity index (χ0v) is 9.61. The van der Waals surface area contributed by atoms with E-state index in [1.165, 1.54) is 15.6 Å². The van der Waals surface area contributed by atoms with Crippen molar-refractivity contribution in [3.8, 4) is 11.8 Å². The summed E-state index contributed by atoms with van der Waals surface area (Å²) >= 11 is 3.52. The first-order chi connectivity index (χ1) is 6.24. The number of halogens is 1. The van der Waals surface area contributed by atoms with Crippen LogP contribution in [0.2, 0.25) is 0 Å². The van der Waals surface area contributed by atoms with Gasteiger partial charge in [0, 0.05) is 10.9 Å². The number of benzene rings is 1. The van der Waals surface area contributed by atoms with Gasteiger partial charge in [-0.2, -0.15) is 0 Å². The van der Waals surface area contributed by atoms with Crippen LogP contribution in [0.1, 0.15) is 24.5 Å². The maximum Gasteiger partial charge on any atom is 0.0207 e. The van der Waals surface area contributed by atoms with E-state index in [1.807, 2.05) is 6.92 Å². The summed E-state index contributed by atoms with van der Waals surface area (Å²) < 4.78 is 1.19. The number of rotatable bonds is 2. The van der Waals surface area contributed by atoms with Crippen LogP contribution in [-0.4, -0.2) is 0 Å². The van der Waals surface area contributed by atoms with Crippen molar-refractivity contribution >= 4 is 15.9 Å². The molecule has 1 rings (SSSR count). The van der Waals surface area contributed by atoms with E-state index in [9.17, 15) is 0 Å². The quantitative estimate of drug-likeness (QED) is 0.688. The van der Waals surface area contributed by atoms with Gasteiger partial charge in [0.15, 0.2) is 0 Å². The average molecular weight is 237 g/mol. The summed E-state index contributed by atoms with van der Waals surface area (Å²) in [5, 5.41) is 0. The minimum Gasteiger partial charge on any atom is -0.107 e. The summed E-state index contributed by atoms with van der Waals surface area (Å²) in [5.74, 6) is 5.97. The van der Waals surface area contributed by atoms with E-state index in [0.717, 1.165) is 12.8 Å². The van der Waals surface area contributed by atoms with Gasteiger partial charge in [0.25, 0.3) is 0 Å². The molecule has 0 spiro atoms. The molecule has 1 aromatic rings. The molecule has 0 radical (unpaired) electrons. The first kappa shape index (κ1) is 10.3. The smallest absolute Gasteiger partial charge is 0.0207 e. The van der Waals surface area contributed by atoms with Crippen molar-refractivity contribution in [3.05, 3.63) is 33.8 Å². The predicted octanol–water partition coefficient (Wildman–Crippen LogP) is 3.71. The van der Waals surface area contributed by atoms with Crippen LogP contribution in [0.25, 0.3) is 0 Å². The van der Waals surface area contributed by atoms with Crippen molar-refractivity contribution in [1.29, 1.82) is 0 Å². The minimum atomic E-state index is 0.950. The van der Waals surface area contributed by atoms with Gasteiger partial charge in [-0.15, -0.1) is 11.8 Å². The number of aryl methyl sites for hydroxylation is 2. The second kappa shape index (κ2) is 5.09. The van der Waals surface area contributed by atoms with Crippen LogP contribution < -0.4 is 0 Å². The highest BCUT2D eigenvalue weighted by Gasteiger charge is 1.96. The molecule has 0 bridgehead atoms. The summed E-state index contributed by atoms with van der Waals surface area (Å²) in [4.78, 5) is 0. The minimum absolute atomic E-state index is 0.950. The molecule has 0 amide bonds. The van der Waals surface area contributed by atoms with E-state index in [4.69, 9.17) is 0 Å². The van der Waals surface area contributed by atoms with Gasteiger partial charge in [0.2, 0.25) is 0 Å². The normalized spacial score (nSPS) is 9.15. The molecule has 0 aliphatic heterocycles. The molecule has 1 heteroatoms. The largest absolute Gasteiger partial charge is 0.107 e. The van der Waals surface area contributed by atoms with Gasteiger partial charge in [0.05, 0.1) is 0 Å². The van der Waals surface area contributed by atoms with Crippen molar-refractivity contribution in [2.45, 2.75) is 26.7 Å². The summed E-state index contributed by atoms with van der Waals surface area (Å²) in [6.07, 6.45) is 1.99. The Morgan fingerprint density at radius 3 is 2.77 bits per heavy atom. The van der Waals surface area contributed by atoms with E-state index in [1.54, 1.807) is 0 Å². The molecule has 0 heterocycles. The van der Waals surface area contributed by atoms with Crippen LogP contribution in [0.15, 0.2) is 22.7 Å². The Hall–Kier alpha value is -0.740. The van der Waals surface area contributed by atoms with Gasteiger partial charge in [0.1, 0.15) is 0 Å². The summed E-state index contributed by atoms with van der Waals surface area (Å²) in [7, 11) is 0. The SMILES string of the molecule is CC#CCCc1ccc(C)c(Br)c1. The van der Waals surface area contributed by atoms with E-state index in [0.29, 0.717) is 0 Å². The highest BCUT2D eigenvalue weighted by Crippen LogP contribution is 2.18. The third kappa shape index (κ3) is 3.24. The third-order valence-corrected chi connectivity index (χ3v) is 2.81. The first-order valence-electron chi connectivity index (χ1n) is 4.38. The molecule has 0 fully saturated rings. The molecule has 68 valence electrons. The average Bonchev–Trinajstić information content (AvgIpc) is 2.12. The molecule has 0 unspecified atom stereocenters. The second-order valence-corrected chi connectivity index (χ2v) is 3.86. The Kier molecular flexibility index (Phi) is 4.05. The lowest BCUT2D eigenvalue weighted by Gasteiger charge is -2.01. The molecule has 0 atom stereocenters. The van der Waals surface area contributed by atoms with Crippen molar-refractivity contribution < 1.29 is 0 Å². The molecule has 1 aromatic carbocycles. The second-order valence-electron chi connectivity index (χ2n) is 3.01. The Labute approximate surface area is 88.5 Å². The van der Waals surface area contributed by atoms with Gasteiger partial charge in [-0.25, -0.2) is 0 Å². The van der Waals surface area contributed by atoms with Crippen LogP contribution in [0.5, 0.6) is 0 Å². The maximum absolute atomic E-state index is 3.52. The van der Waals surface area contributed by atoms with Crippen LogP contribution in [-0.2, 0) is 6.42 Å². The highest BCUT2D eigenvalue weighted by molar-refractivity contribution is 9.10. The van der Waals surface area contributed by atoms with E-state index in [2.05, 4.69) is 52.9 Å². The summed E-state index contributed by atoms with van der Waals surface area (Å²) in [6, 6.07) is 6.48. The molecule has 0 nitrogen and oxygen atoms in total. The number of hydrogen-bond acceptors (Lipinski definition) is 0. The molecular weight excluding hydrogens is 224 g/mol. The molecule has 13 heavy (non-hydrogen) atoms. The van der Waals surface area contributed by atoms with Gasteiger partial charge in [-0.3, -0.25) is 0 Å². The Balaban J connectivity index is 2.66. The first-order valence-corrected chi connectivity index (χ1v) is 5.18. The van der Waals surface area contributed by atoms with Crippen LogP contribution in [0.4, 0.5) is 0 Å². The lowest BCUT2D eigenvalue weighted by molar-refractivity contribution is 1.02. The summed E-state index contributed by atoms with van der Waals surface area (Å²) in [5.41, 5.74) is 2.63. The van der Waals surface area contributed by atoms with Gasteiger partial charge in [-0.05, 0) is 37.5 Å². The lowest BCUT2D eigenvalue weighted by Crippen LogP contribution is -1.85. The zero-order valence-electron chi connectivity index (χ0n) is 8.02. The van der Waals surface area contributed by atoms with E-state index < -0.39 is 0 Å². The summed E-state index contributed by atoms with van der Waals surface area (Å²) in [6.45, 7) is 3.98. The third-order valence-electron chi connectivity index (χ3n) is 1.95. The monoisotopic (exact) mass is 236 g/mol. The standard InChI is InChI=1S/C12H13Br/c1-3-4-5-6-11-8-7-10(2)12(13)9-11/h7-9H,5-6H2,1-2H3. The molecule has 0 aromatic heterocycles. The molecule has 0 N–H and O–H groups in total. The highest BCUT2D eigenvalue weighted by atomic mass is 79.9. The van der Waals surface area contributed by atoms with Crippen molar-refractivity contribution in [3.63, 3.8) is 0 Å². The topological polar surface area (TPSA) is 0 Å². The molecular formula is C12H13Br. The van der Waals surface area contributed by atoms with Crippen molar-refractivity contribution in [2.24, 2.45) is 0 Å². The Morgan fingerprint density at radius 1 is 1.38 bits per heavy atom. The fourth-order valence-corrected chi connectivity index (χ4v) is 1.55. The Bertz CT molecular complexity index is 342. The van der Waals surface area contributed by atoms with Gasteiger partial charge in [-0.1, -0.05) is 28.1 Å². The lowest BCUT2D eigenvalue weighted by atomic mass is 10.1. The molecule has 0 aliphatic rings. The van der Waals surface area contributed by atoms with Crippen molar-refractivity contribution in [2.75, 3.05) is 0 Å². The molecule has 0 saturated heterocycles. The van der Waals surface area contributed by atoms with E-state index >= 15 is 0 Å². The maximum atomic E-state index is 3.52. The van der Waals surface area contributed by atoms with Crippen molar-refractivity contribution in [1.82, 2.24) is 0 Å². The Morgan fingerprint density at radius 2 is 2.15 bits per heavy atom. The zero-order chi connectivity index (χ0) is 9.68. The predicted molar refractivity (Wildman–Crippen MR) is 60.7 cm³/mol. The van der Waals surface area contributed by atoms with Crippen LogP contribution in [0, 0.1) is 18.8 Å². The van der Waals surface area contributed by atoms with Gasteiger partial charge >= 0.3 is 0 Å². The fourth-order valence-electron chi connectivity index (χ4n) is 1.12.